The Morgan fingerprint density at radius 3 is 1.00 bits per heavy atom. The second-order valence-electron chi connectivity index (χ2n) is 13.1. The van der Waals surface area contributed by atoms with Crippen molar-refractivity contribution in [2.24, 2.45) is 0 Å². The molecule has 0 aromatic rings. The zero-order valence-electron chi connectivity index (χ0n) is 27.6. The van der Waals surface area contributed by atoms with Crippen LogP contribution in [0.2, 0.25) is 0 Å². The summed E-state index contributed by atoms with van der Waals surface area (Å²) in [5.41, 5.74) is 0. The lowest BCUT2D eigenvalue weighted by atomic mass is 10.1. The highest BCUT2D eigenvalue weighted by molar-refractivity contribution is 7.73. The smallest absolute Gasteiger partial charge is 0.309 e. The Labute approximate surface area is 248 Å². The molecule has 0 spiro atoms. The molecule has 0 aliphatic heterocycles. The fourth-order valence-electron chi connectivity index (χ4n) is 5.20. The van der Waals surface area contributed by atoms with Gasteiger partial charge in [0.25, 0.3) is 0 Å². The van der Waals surface area contributed by atoms with Gasteiger partial charge in [0, 0.05) is 27.3 Å². The van der Waals surface area contributed by atoms with Crippen LogP contribution >= 0.6 is 14.9 Å². The number of hydrogen-bond donors (Lipinski definition) is 0. The zero-order valence-corrected chi connectivity index (χ0v) is 29.4. The zero-order chi connectivity index (χ0) is 28.9. The fourth-order valence-corrected chi connectivity index (χ4v) is 8.25. The summed E-state index contributed by atoms with van der Waals surface area (Å²) in [6.45, 7) is 12.8. The molecule has 0 aliphatic carbocycles. The molecule has 0 fully saturated rings. The monoisotopic (exact) mass is 592 g/mol. The van der Waals surface area contributed by atoms with E-state index in [0.717, 1.165) is 19.3 Å². The van der Waals surface area contributed by atoms with Crippen molar-refractivity contribution < 1.29 is 13.6 Å². The Morgan fingerprint density at radius 1 is 0.436 bits per heavy atom. The molecule has 5 heteroatoms. The molecule has 3 nitrogen and oxygen atoms in total. The van der Waals surface area contributed by atoms with Gasteiger partial charge in [-0.15, -0.1) is 0 Å². The Balaban J connectivity index is 3.93. The van der Waals surface area contributed by atoms with Gasteiger partial charge in [0.1, 0.15) is 0 Å². The highest BCUT2D eigenvalue weighted by atomic mass is 31.2. The lowest BCUT2D eigenvalue weighted by Crippen LogP contribution is -2.05. The third kappa shape index (κ3) is 31.3. The molecule has 0 unspecified atom stereocenters. The van der Waals surface area contributed by atoms with E-state index in [0.29, 0.717) is 19.4 Å². The second-order valence-corrected chi connectivity index (χ2v) is 20.4. The van der Waals surface area contributed by atoms with Crippen LogP contribution in [0, 0.1) is 0 Å². The molecular weight excluding hydrogens is 518 g/mol. The average molecular weight is 592 g/mol. The van der Waals surface area contributed by atoms with Gasteiger partial charge < -0.3 is 9.05 Å². The van der Waals surface area contributed by atoms with Gasteiger partial charge in [-0.2, -0.15) is 0 Å². The van der Waals surface area contributed by atoms with Gasteiger partial charge >= 0.3 is 7.60 Å². The molecule has 0 amide bonds. The van der Waals surface area contributed by atoms with E-state index in [1.54, 1.807) is 0 Å². The molecule has 0 aromatic heterocycles. The minimum atomic E-state index is -2.95. The first-order valence-electron chi connectivity index (χ1n) is 17.5. The van der Waals surface area contributed by atoms with Crippen molar-refractivity contribution in [2.75, 3.05) is 45.5 Å². The molecule has 236 valence electrons. The highest BCUT2D eigenvalue weighted by Gasteiger charge is 2.26. The van der Waals surface area contributed by atoms with Gasteiger partial charge in [0.2, 0.25) is 0 Å². The third-order valence-electron chi connectivity index (χ3n) is 7.83. The van der Waals surface area contributed by atoms with E-state index in [9.17, 15) is 4.57 Å². The molecule has 0 bridgehead atoms. The maximum atomic E-state index is 13.5. The van der Waals surface area contributed by atoms with Gasteiger partial charge in [-0.3, -0.25) is 4.57 Å². The van der Waals surface area contributed by atoms with Gasteiger partial charge in [0.05, 0.1) is 25.5 Å². The number of unbranched alkanes of at least 4 members (excludes halogenated alkanes) is 22. The van der Waals surface area contributed by atoms with E-state index in [1.165, 1.54) is 147 Å². The molecule has 0 aromatic carbocycles. The molecule has 0 saturated carbocycles. The summed E-state index contributed by atoms with van der Waals surface area (Å²) in [6, 6.07) is 0. The van der Waals surface area contributed by atoms with E-state index in [1.807, 2.05) is 0 Å². The van der Waals surface area contributed by atoms with Crippen LogP contribution in [0.25, 0.3) is 0 Å². The Bertz CT molecular complexity index is 499. The van der Waals surface area contributed by atoms with Gasteiger partial charge in [-0.1, -0.05) is 155 Å². The van der Waals surface area contributed by atoms with Crippen molar-refractivity contribution in [3.05, 3.63) is 0 Å². The van der Waals surface area contributed by atoms with E-state index in [4.69, 9.17) is 9.05 Å². The lowest BCUT2D eigenvalue weighted by molar-refractivity contribution is 0.197. The van der Waals surface area contributed by atoms with E-state index in [2.05, 4.69) is 33.8 Å². The lowest BCUT2D eigenvalue weighted by Gasteiger charge is -2.20. The summed E-state index contributed by atoms with van der Waals surface area (Å²) >= 11 is 0. The van der Waals surface area contributed by atoms with Crippen molar-refractivity contribution >= 4 is 14.9 Å². The topological polar surface area (TPSA) is 35.5 Å². The maximum absolute atomic E-state index is 13.5. The van der Waals surface area contributed by atoms with Crippen molar-refractivity contribution in [1.82, 2.24) is 0 Å². The minimum Gasteiger partial charge on any atom is -0.309 e. The van der Waals surface area contributed by atoms with Crippen LogP contribution in [0.15, 0.2) is 0 Å². The molecule has 0 saturated heterocycles. The minimum absolute atomic E-state index is 0.595. The second kappa shape index (κ2) is 28.7. The third-order valence-corrected chi connectivity index (χ3v) is 11.5. The Hall–Kier alpha value is 0.580. The van der Waals surface area contributed by atoms with E-state index < -0.39 is 14.9 Å². The summed E-state index contributed by atoms with van der Waals surface area (Å²) in [5, 5.41) is 0. The Morgan fingerprint density at radius 2 is 0.718 bits per heavy atom. The average Bonchev–Trinajstić information content (AvgIpc) is 2.89. The summed E-state index contributed by atoms with van der Waals surface area (Å²) in [6.07, 6.45) is 34.6. The first-order chi connectivity index (χ1) is 18.8. The standard InChI is InChI=1S/C34H73O3P2/c1-6-8-10-12-14-16-18-20-22-24-26-28-31-36-39(35,34-30-33-38(3,4)5)37-32-29-27-25-23-21-19-17-15-13-11-9-7-2/h6-34H2,1-5H3/q+1. The maximum Gasteiger partial charge on any atom is 0.330 e. The molecule has 0 heterocycles. The predicted octanol–water partition coefficient (Wildman–Crippen LogP) is 12.9. The van der Waals surface area contributed by atoms with E-state index >= 15 is 0 Å². The summed E-state index contributed by atoms with van der Waals surface area (Å²) < 4.78 is 25.4. The highest BCUT2D eigenvalue weighted by Crippen LogP contribution is 2.52. The van der Waals surface area contributed by atoms with Gasteiger partial charge in [0.15, 0.2) is 0 Å². The SMILES string of the molecule is CCCCCCCCCCCCCCOP(=O)(CCC[P+](C)(C)C)OCCCCCCCCCCCCCC. The fraction of sp³-hybridized carbons (Fsp3) is 1.00. The molecule has 0 radical (unpaired) electrons. The van der Waals surface area contributed by atoms with Gasteiger partial charge in [-0.25, -0.2) is 0 Å². The largest absolute Gasteiger partial charge is 0.330 e. The predicted molar refractivity (Wildman–Crippen MR) is 181 cm³/mol. The molecule has 0 aliphatic rings. The molecule has 0 N–H and O–H groups in total. The molecule has 0 atom stereocenters. The van der Waals surface area contributed by atoms with Crippen LogP contribution in [0.1, 0.15) is 174 Å². The van der Waals surface area contributed by atoms with Crippen molar-refractivity contribution in [2.45, 2.75) is 174 Å². The first kappa shape index (κ1) is 39.6. The molecular formula is C34H73O3P2+. The van der Waals surface area contributed by atoms with Crippen molar-refractivity contribution in [1.29, 1.82) is 0 Å². The number of rotatable bonds is 32. The van der Waals surface area contributed by atoms with Crippen LogP contribution in [0.5, 0.6) is 0 Å². The van der Waals surface area contributed by atoms with Crippen molar-refractivity contribution in [3.63, 3.8) is 0 Å². The summed E-state index contributed by atoms with van der Waals surface area (Å²) in [4.78, 5) is 0. The summed E-state index contributed by atoms with van der Waals surface area (Å²) in [5.74, 6) is 0. The molecule has 0 rings (SSSR count). The van der Waals surface area contributed by atoms with E-state index in [-0.39, 0.29) is 0 Å². The van der Waals surface area contributed by atoms with Crippen molar-refractivity contribution in [3.8, 4) is 0 Å². The molecule has 39 heavy (non-hydrogen) atoms. The quantitative estimate of drug-likeness (QED) is 0.0576. The van der Waals surface area contributed by atoms with Crippen LogP contribution < -0.4 is 0 Å². The van der Waals surface area contributed by atoms with Crippen LogP contribution in [-0.4, -0.2) is 45.5 Å². The Kier molecular flexibility index (Phi) is 29.1. The van der Waals surface area contributed by atoms with Crippen LogP contribution in [0.3, 0.4) is 0 Å². The van der Waals surface area contributed by atoms with Crippen LogP contribution in [0.4, 0.5) is 0 Å². The van der Waals surface area contributed by atoms with Crippen LogP contribution in [-0.2, 0) is 13.6 Å². The van der Waals surface area contributed by atoms with Gasteiger partial charge in [-0.05, 0) is 19.3 Å². The summed E-state index contributed by atoms with van der Waals surface area (Å²) in [7, 11) is -3.81. The number of hydrogen-bond acceptors (Lipinski definition) is 3. The first-order valence-corrected chi connectivity index (χ1v) is 22.6. The normalized spacial score (nSPS) is 12.4.